The van der Waals surface area contributed by atoms with Crippen LogP contribution in [0.4, 0.5) is 5.69 Å². The number of carbonyl (C=O) groups excluding carboxylic acids is 2. The normalized spacial score (nSPS) is 24.7. The van der Waals surface area contributed by atoms with Crippen molar-refractivity contribution < 1.29 is 24.0 Å². The molecule has 8 heteroatoms. The first-order valence-electron chi connectivity index (χ1n) is 8.62. The molecule has 0 amide bonds. The Hall–Kier alpha value is -2.48. The minimum Gasteiger partial charge on any atom is -0.460 e. The van der Waals surface area contributed by atoms with Crippen molar-refractivity contribution in [2.24, 2.45) is 5.41 Å². The zero-order valence-corrected chi connectivity index (χ0v) is 16.2. The maximum Gasteiger partial charge on any atom is 0.374 e. The number of nitro benzene ring substituents is 1. The van der Waals surface area contributed by atoms with E-state index in [1.807, 2.05) is 6.08 Å². The molecule has 7 nitrogen and oxygen atoms in total. The Balaban J connectivity index is 2.17. The van der Waals surface area contributed by atoms with E-state index < -0.39 is 28.2 Å². The number of esters is 2. The van der Waals surface area contributed by atoms with Gasteiger partial charge in [0.1, 0.15) is 5.41 Å². The number of ether oxygens (including phenoxy) is 2. The zero-order chi connectivity index (χ0) is 19.6. The molecule has 0 saturated heterocycles. The van der Waals surface area contributed by atoms with E-state index in [1.165, 1.54) is 12.1 Å². The number of rotatable bonds is 4. The minimum atomic E-state index is -1.05. The van der Waals surface area contributed by atoms with Gasteiger partial charge in [0, 0.05) is 22.5 Å². The topological polar surface area (TPSA) is 95.7 Å². The lowest BCUT2D eigenvalue weighted by Crippen LogP contribution is -2.43. The third-order valence-corrected chi connectivity index (χ3v) is 5.89. The summed E-state index contributed by atoms with van der Waals surface area (Å²) in [5.41, 5.74) is -0.567. The maximum absolute atomic E-state index is 13.0. The molecule has 1 heterocycles. The number of nitro groups is 1. The van der Waals surface area contributed by atoms with Gasteiger partial charge >= 0.3 is 11.9 Å². The van der Waals surface area contributed by atoms with Gasteiger partial charge in [0.25, 0.3) is 5.69 Å². The van der Waals surface area contributed by atoms with Gasteiger partial charge in [-0.05, 0) is 37.8 Å². The van der Waals surface area contributed by atoms with Crippen LogP contribution in [0.3, 0.4) is 0 Å². The number of non-ortho nitro benzene ring substituents is 1. The van der Waals surface area contributed by atoms with Crippen molar-refractivity contribution in [1.82, 2.24) is 0 Å². The summed E-state index contributed by atoms with van der Waals surface area (Å²) >= 11 is 3.50. The standard InChI is InChI=1S/C19H18BrNO6/c1-2-26-17(22)15-11-14(12-6-5-7-13(10-12)21(24)25)19(18(23)27-15)9-4-3-8-16(19)20/h5-8,10-11,14H,2-4,9H2,1H3/t14-,19+/m0/s1. The largest absolute Gasteiger partial charge is 0.460 e. The van der Waals surface area contributed by atoms with Gasteiger partial charge in [0.2, 0.25) is 5.76 Å². The lowest BCUT2D eigenvalue weighted by atomic mass is 9.65. The van der Waals surface area contributed by atoms with Crippen molar-refractivity contribution in [2.75, 3.05) is 6.61 Å². The van der Waals surface area contributed by atoms with E-state index in [0.29, 0.717) is 16.5 Å². The molecule has 2 aliphatic rings. The summed E-state index contributed by atoms with van der Waals surface area (Å²) in [5.74, 6) is -2.07. The van der Waals surface area contributed by atoms with Gasteiger partial charge in [0.05, 0.1) is 11.5 Å². The van der Waals surface area contributed by atoms with Crippen LogP contribution in [0, 0.1) is 15.5 Å². The number of benzene rings is 1. The van der Waals surface area contributed by atoms with Gasteiger partial charge in [-0.2, -0.15) is 0 Å². The molecule has 1 spiro atoms. The minimum absolute atomic E-state index is 0.0800. The molecular formula is C19H18BrNO6. The summed E-state index contributed by atoms with van der Waals surface area (Å²) in [4.78, 5) is 35.9. The van der Waals surface area contributed by atoms with Crippen LogP contribution in [0.2, 0.25) is 0 Å². The highest BCUT2D eigenvalue weighted by atomic mass is 79.9. The molecule has 1 aromatic rings. The average Bonchev–Trinajstić information content (AvgIpc) is 2.65. The summed E-state index contributed by atoms with van der Waals surface area (Å²) in [6.07, 6.45) is 5.53. The Morgan fingerprint density at radius 2 is 2.26 bits per heavy atom. The predicted molar refractivity (Wildman–Crippen MR) is 99.9 cm³/mol. The van der Waals surface area contributed by atoms with Gasteiger partial charge in [-0.1, -0.05) is 34.1 Å². The van der Waals surface area contributed by atoms with Crippen LogP contribution in [-0.4, -0.2) is 23.5 Å². The number of carbonyl (C=O) groups is 2. The molecule has 0 radical (unpaired) electrons. The first kappa shape index (κ1) is 19.3. The Kier molecular flexibility index (Phi) is 5.46. The van der Waals surface area contributed by atoms with Crippen molar-refractivity contribution >= 4 is 33.6 Å². The molecule has 0 bridgehead atoms. The highest BCUT2D eigenvalue weighted by Crippen LogP contribution is 2.55. The second-order valence-corrected chi connectivity index (χ2v) is 7.24. The smallest absolute Gasteiger partial charge is 0.374 e. The van der Waals surface area contributed by atoms with Crippen LogP contribution in [0.25, 0.3) is 0 Å². The number of hydrogen-bond donors (Lipinski definition) is 0. The number of cyclic esters (lactones) is 1. The average molecular weight is 436 g/mol. The highest BCUT2D eigenvalue weighted by molar-refractivity contribution is 9.11. The van der Waals surface area contributed by atoms with E-state index in [1.54, 1.807) is 25.1 Å². The molecule has 0 unspecified atom stereocenters. The quantitative estimate of drug-likeness (QED) is 0.400. The van der Waals surface area contributed by atoms with Gasteiger partial charge in [-0.3, -0.25) is 14.9 Å². The molecule has 1 aliphatic heterocycles. The van der Waals surface area contributed by atoms with Crippen molar-refractivity contribution in [3.63, 3.8) is 0 Å². The zero-order valence-electron chi connectivity index (χ0n) is 14.6. The van der Waals surface area contributed by atoms with E-state index >= 15 is 0 Å². The maximum atomic E-state index is 13.0. The number of halogens is 1. The Labute approximate surface area is 164 Å². The summed E-state index contributed by atoms with van der Waals surface area (Å²) < 4.78 is 11.0. The van der Waals surface area contributed by atoms with Crippen LogP contribution >= 0.6 is 15.9 Å². The van der Waals surface area contributed by atoms with Gasteiger partial charge in [0.15, 0.2) is 0 Å². The molecular weight excluding hydrogens is 418 g/mol. The molecule has 27 heavy (non-hydrogen) atoms. The molecule has 1 aliphatic carbocycles. The van der Waals surface area contributed by atoms with Crippen molar-refractivity contribution in [3.8, 4) is 0 Å². The van der Waals surface area contributed by atoms with E-state index in [0.717, 1.165) is 12.8 Å². The lowest BCUT2D eigenvalue weighted by Gasteiger charge is -2.42. The van der Waals surface area contributed by atoms with E-state index in [4.69, 9.17) is 9.47 Å². The van der Waals surface area contributed by atoms with Crippen molar-refractivity contribution in [2.45, 2.75) is 32.1 Å². The molecule has 142 valence electrons. The molecule has 1 aromatic carbocycles. The number of nitrogens with zero attached hydrogens (tertiary/aromatic N) is 1. The number of allylic oxidation sites excluding steroid dienone is 2. The molecule has 0 saturated carbocycles. The second kappa shape index (κ2) is 7.64. The third kappa shape index (κ3) is 3.41. The Bertz CT molecular complexity index is 862. The fourth-order valence-corrected chi connectivity index (χ4v) is 4.42. The summed E-state index contributed by atoms with van der Waals surface area (Å²) in [6, 6.07) is 6.10. The molecule has 2 atom stereocenters. The predicted octanol–water partition coefficient (Wildman–Crippen LogP) is 4.13. The first-order chi connectivity index (χ1) is 12.9. The SMILES string of the molecule is CCOC(=O)C1=C[C@@H](c2cccc([N+](=O)[O-])c2)[C@@]2(CCCC=C2Br)C(=O)O1. The fourth-order valence-electron chi connectivity index (χ4n) is 3.58. The monoisotopic (exact) mass is 435 g/mol. The van der Waals surface area contributed by atoms with Crippen LogP contribution in [-0.2, 0) is 19.1 Å². The lowest BCUT2D eigenvalue weighted by molar-refractivity contribution is -0.384. The highest BCUT2D eigenvalue weighted by Gasteiger charge is 2.53. The van der Waals surface area contributed by atoms with Gasteiger partial charge in [-0.25, -0.2) is 4.79 Å². The second-order valence-electron chi connectivity index (χ2n) is 6.39. The van der Waals surface area contributed by atoms with Crippen LogP contribution in [0.1, 0.15) is 37.7 Å². The summed E-state index contributed by atoms with van der Waals surface area (Å²) in [7, 11) is 0. The summed E-state index contributed by atoms with van der Waals surface area (Å²) in [5, 5.41) is 11.2. The van der Waals surface area contributed by atoms with Crippen LogP contribution in [0.15, 0.2) is 46.7 Å². The third-order valence-electron chi connectivity index (χ3n) is 4.86. The number of hydrogen-bond acceptors (Lipinski definition) is 6. The van der Waals surface area contributed by atoms with E-state index in [9.17, 15) is 19.7 Å². The molecule has 3 rings (SSSR count). The van der Waals surface area contributed by atoms with Crippen molar-refractivity contribution in [3.05, 3.63) is 62.3 Å². The Morgan fingerprint density at radius 3 is 2.93 bits per heavy atom. The van der Waals surface area contributed by atoms with Crippen LogP contribution < -0.4 is 0 Å². The molecule has 0 fully saturated rings. The van der Waals surface area contributed by atoms with Crippen LogP contribution in [0.5, 0.6) is 0 Å². The fraction of sp³-hybridized carbons (Fsp3) is 0.368. The van der Waals surface area contributed by atoms with Gasteiger partial charge < -0.3 is 9.47 Å². The van der Waals surface area contributed by atoms with E-state index in [2.05, 4.69) is 15.9 Å². The Morgan fingerprint density at radius 1 is 1.48 bits per heavy atom. The van der Waals surface area contributed by atoms with Gasteiger partial charge in [-0.15, -0.1) is 0 Å². The summed E-state index contributed by atoms with van der Waals surface area (Å²) in [6.45, 7) is 1.80. The van der Waals surface area contributed by atoms with Crippen molar-refractivity contribution in [1.29, 1.82) is 0 Å². The van der Waals surface area contributed by atoms with E-state index in [-0.39, 0.29) is 18.1 Å². The molecule has 0 N–H and O–H groups in total. The first-order valence-corrected chi connectivity index (χ1v) is 9.41. The molecule has 0 aromatic heterocycles.